The third-order valence-electron chi connectivity index (χ3n) is 5.06. The van der Waals surface area contributed by atoms with E-state index in [1.165, 1.54) is 29.5 Å². The SMILES string of the molecule is N#Cc1c(SCC(=O)Nc2ccccc2F)nc2c(c1-c1cccs1)CCCCC2. The van der Waals surface area contributed by atoms with E-state index in [1.54, 1.807) is 23.5 Å². The largest absolute Gasteiger partial charge is 0.323 e. The second-order valence-corrected chi connectivity index (χ2v) is 8.97. The van der Waals surface area contributed by atoms with Crippen molar-refractivity contribution in [3.63, 3.8) is 0 Å². The van der Waals surface area contributed by atoms with Crippen molar-refractivity contribution in [2.45, 2.75) is 37.1 Å². The maximum atomic E-state index is 13.8. The van der Waals surface area contributed by atoms with Crippen LogP contribution in [0, 0.1) is 17.1 Å². The van der Waals surface area contributed by atoms with Crippen LogP contribution in [0.5, 0.6) is 0 Å². The number of aromatic nitrogens is 1. The van der Waals surface area contributed by atoms with E-state index in [0.29, 0.717) is 10.6 Å². The number of fused-ring (bicyclic) bond motifs is 1. The first-order valence-corrected chi connectivity index (χ1v) is 11.7. The number of rotatable bonds is 5. The van der Waals surface area contributed by atoms with Crippen LogP contribution in [0.1, 0.15) is 36.1 Å². The Labute approximate surface area is 183 Å². The number of hydrogen-bond donors (Lipinski definition) is 1. The molecule has 152 valence electrons. The standard InChI is InChI=1S/C23H20FN3OS2/c24-17-8-4-5-10-19(17)26-21(28)14-30-23-16(13-25)22(20-11-6-12-29-20)15-7-2-1-3-9-18(15)27-23/h4-6,8,10-12H,1-3,7,9,14H2,(H,26,28). The maximum Gasteiger partial charge on any atom is 0.234 e. The number of anilines is 1. The molecular formula is C23H20FN3OS2. The summed E-state index contributed by atoms with van der Waals surface area (Å²) < 4.78 is 13.8. The Kier molecular flexibility index (Phi) is 6.46. The lowest BCUT2D eigenvalue weighted by molar-refractivity contribution is -0.113. The minimum atomic E-state index is -0.475. The normalized spacial score (nSPS) is 13.2. The van der Waals surface area contributed by atoms with E-state index >= 15 is 0 Å². The van der Waals surface area contributed by atoms with Crippen molar-refractivity contribution in [2.75, 3.05) is 11.1 Å². The lowest BCUT2D eigenvalue weighted by atomic mass is 9.97. The Morgan fingerprint density at radius 1 is 1.20 bits per heavy atom. The molecule has 0 fully saturated rings. The molecule has 0 spiro atoms. The lowest BCUT2D eigenvalue weighted by Gasteiger charge is -2.16. The quantitative estimate of drug-likeness (QED) is 0.403. The number of para-hydroxylation sites is 1. The average molecular weight is 438 g/mol. The molecule has 1 amide bonds. The first kappa shape index (κ1) is 20.6. The van der Waals surface area contributed by atoms with Gasteiger partial charge >= 0.3 is 0 Å². The summed E-state index contributed by atoms with van der Waals surface area (Å²) in [6.45, 7) is 0. The Balaban J connectivity index is 1.64. The minimum Gasteiger partial charge on any atom is -0.323 e. The summed E-state index contributed by atoms with van der Waals surface area (Å²) in [6.07, 6.45) is 5.12. The molecule has 30 heavy (non-hydrogen) atoms. The van der Waals surface area contributed by atoms with E-state index in [4.69, 9.17) is 4.98 Å². The van der Waals surface area contributed by atoms with Gasteiger partial charge in [0.25, 0.3) is 0 Å². The number of benzene rings is 1. The molecule has 4 rings (SSSR count). The highest BCUT2D eigenvalue weighted by Crippen LogP contribution is 2.39. The van der Waals surface area contributed by atoms with Gasteiger partial charge in [0.2, 0.25) is 5.91 Å². The van der Waals surface area contributed by atoms with Crippen molar-refractivity contribution in [3.8, 4) is 16.5 Å². The van der Waals surface area contributed by atoms with Gasteiger partial charge in [-0.1, -0.05) is 36.4 Å². The zero-order chi connectivity index (χ0) is 20.9. The number of amides is 1. The molecule has 0 unspecified atom stereocenters. The zero-order valence-corrected chi connectivity index (χ0v) is 17.9. The summed E-state index contributed by atoms with van der Waals surface area (Å²) in [5.41, 5.74) is 3.86. The molecule has 0 bridgehead atoms. The Morgan fingerprint density at radius 2 is 2.03 bits per heavy atom. The number of thioether (sulfide) groups is 1. The van der Waals surface area contributed by atoms with Crippen molar-refractivity contribution >= 4 is 34.7 Å². The van der Waals surface area contributed by atoms with E-state index in [1.807, 2.05) is 17.5 Å². The highest BCUT2D eigenvalue weighted by Gasteiger charge is 2.23. The van der Waals surface area contributed by atoms with Crippen LogP contribution < -0.4 is 5.32 Å². The fourth-order valence-electron chi connectivity index (χ4n) is 3.68. The summed E-state index contributed by atoms with van der Waals surface area (Å²) in [7, 11) is 0. The van der Waals surface area contributed by atoms with Gasteiger partial charge in [-0.05, 0) is 54.8 Å². The number of pyridine rings is 1. The number of hydrogen-bond acceptors (Lipinski definition) is 5. The molecule has 1 aromatic carbocycles. The second kappa shape index (κ2) is 9.41. The van der Waals surface area contributed by atoms with Crippen molar-refractivity contribution < 1.29 is 9.18 Å². The van der Waals surface area contributed by atoms with Gasteiger partial charge in [-0.3, -0.25) is 4.79 Å². The van der Waals surface area contributed by atoms with Gasteiger partial charge in [-0.25, -0.2) is 9.37 Å². The average Bonchev–Trinajstić information content (AvgIpc) is 3.18. The van der Waals surface area contributed by atoms with E-state index < -0.39 is 5.82 Å². The highest BCUT2D eigenvalue weighted by atomic mass is 32.2. The number of aryl methyl sites for hydroxylation is 1. The molecule has 2 heterocycles. The summed E-state index contributed by atoms with van der Waals surface area (Å²) in [5.74, 6) is -0.751. The lowest BCUT2D eigenvalue weighted by Crippen LogP contribution is -2.15. The van der Waals surface area contributed by atoms with E-state index in [-0.39, 0.29) is 17.3 Å². The van der Waals surface area contributed by atoms with Crippen LogP contribution in [0.2, 0.25) is 0 Å². The molecule has 1 aliphatic rings. The van der Waals surface area contributed by atoms with Crippen LogP contribution in [0.25, 0.3) is 10.4 Å². The van der Waals surface area contributed by atoms with Gasteiger partial charge < -0.3 is 5.32 Å². The third kappa shape index (κ3) is 4.40. The molecule has 0 radical (unpaired) electrons. The molecule has 2 aromatic heterocycles. The van der Waals surface area contributed by atoms with Crippen LogP contribution in [-0.2, 0) is 17.6 Å². The number of carbonyl (C=O) groups is 1. The van der Waals surface area contributed by atoms with Crippen molar-refractivity contribution in [2.24, 2.45) is 0 Å². The van der Waals surface area contributed by atoms with Crippen LogP contribution in [-0.4, -0.2) is 16.6 Å². The molecule has 0 saturated heterocycles. The second-order valence-electron chi connectivity index (χ2n) is 7.06. The summed E-state index contributed by atoms with van der Waals surface area (Å²) in [5, 5.41) is 15.1. The zero-order valence-electron chi connectivity index (χ0n) is 16.3. The van der Waals surface area contributed by atoms with Gasteiger partial charge in [-0.15, -0.1) is 11.3 Å². The molecule has 1 aliphatic carbocycles. The monoisotopic (exact) mass is 437 g/mol. The van der Waals surface area contributed by atoms with E-state index in [0.717, 1.165) is 48.2 Å². The van der Waals surface area contributed by atoms with Gasteiger partial charge in [0, 0.05) is 16.1 Å². The molecular weight excluding hydrogens is 417 g/mol. The number of carbonyl (C=O) groups excluding carboxylic acids is 1. The van der Waals surface area contributed by atoms with E-state index in [2.05, 4.69) is 11.4 Å². The minimum absolute atomic E-state index is 0.0542. The number of thiophene rings is 1. The number of nitriles is 1. The Bertz CT molecular complexity index is 1110. The predicted octanol–water partition coefficient (Wildman–Crippen LogP) is 5.82. The number of halogens is 1. The van der Waals surface area contributed by atoms with Crippen molar-refractivity contribution in [1.82, 2.24) is 4.98 Å². The Hall–Kier alpha value is -2.69. The molecule has 4 nitrogen and oxygen atoms in total. The molecule has 1 N–H and O–H groups in total. The maximum absolute atomic E-state index is 13.8. The fraction of sp³-hybridized carbons (Fsp3) is 0.261. The highest BCUT2D eigenvalue weighted by molar-refractivity contribution is 8.00. The molecule has 0 saturated carbocycles. The van der Waals surface area contributed by atoms with Gasteiger partial charge in [0.05, 0.1) is 17.0 Å². The smallest absolute Gasteiger partial charge is 0.234 e. The van der Waals surface area contributed by atoms with Crippen molar-refractivity contribution in [1.29, 1.82) is 5.26 Å². The van der Waals surface area contributed by atoms with Crippen LogP contribution in [0.15, 0.2) is 46.8 Å². The summed E-state index contributed by atoms with van der Waals surface area (Å²) >= 11 is 2.84. The molecule has 0 aliphatic heterocycles. The molecule has 7 heteroatoms. The van der Waals surface area contributed by atoms with Crippen LogP contribution >= 0.6 is 23.1 Å². The van der Waals surface area contributed by atoms with Crippen LogP contribution in [0.3, 0.4) is 0 Å². The number of nitrogens with one attached hydrogen (secondary N) is 1. The topological polar surface area (TPSA) is 65.8 Å². The van der Waals surface area contributed by atoms with Crippen LogP contribution in [0.4, 0.5) is 10.1 Å². The Morgan fingerprint density at radius 3 is 2.80 bits per heavy atom. The number of nitrogens with zero attached hydrogens (tertiary/aromatic N) is 2. The fourth-order valence-corrected chi connectivity index (χ4v) is 5.29. The van der Waals surface area contributed by atoms with Gasteiger partial charge in [0.15, 0.2) is 0 Å². The van der Waals surface area contributed by atoms with Gasteiger partial charge in [-0.2, -0.15) is 5.26 Å². The molecule has 0 atom stereocenters. The first-order valence-electron chi connectivity index (χ1n) is 9.84. The first-order chi connectivity index (χ1) is 14.7. The van der Waals surface area contributed by atoms with Crippen molar-refractivity contribution in [3.05, 3.63) is 64.4 Å². The van der Waals surface area contributed by atoms with E-state index in [9.17, 15) is 14.4 Å². The molecule has 3 aromatic rings. The predicted molar refractivity (Wildman–Crippen MR) is 119 cm³/mol. The third-order valence-corrected chi connectivity index (χ3v) is 6.92. The van der Waals surface area contributed by atoms with Gasteiger partial charge in [0.1, 0.15) is 16.9 Å². The summed E-state index contributed by atoms with van der Waals surface area (Å²) in [4.78, 5) is 18.2. The summed E-state index contributed by atoms with van der Waals surface area (Å²) in [6, 6.07) is 12.4.